The Kier molecular flexibility index (Phi) is 7.26. The molecule has 1 saturated heterocycles. The molecular weight excluding hydrogens is 498 g/mol. The van der Waals surface area contributed by atoms with Crippen molar-refractivity contribution >= 4 is 29.7 Å². The summed E-state index contributed by atoms with van der Waals surface area (Å²) < 4.78 is 27.9. The number of hydrogen-bond acceptors (Lipinski definition) is 8. The van der Waals surface area contributed by atoms with Crippen LogP contribution >= 0.6 is 0 Å². The van der Waals surface area contributed by atoms with Gasteiger partial charge in [0.05, 0.1) is 36.2 Å². The van der Waals surface area contributed by atoms with E-state index in [2.05, 4.69) is 15.1 Å². The van der Waals surface area contributed by atoms with E-state index in [0.717, 1.165) is 0 Å². The van der Waals surface area contributed by atoms with E-state index in [1.54, 1.807) is 70.4 Å². The van der Waals surface area contributed by atoms with E-state index in [-0.39, 0.29) is 24.5 Å². The molecule has 0 bridgehead atoms. The van der Waals surface area contributed by atoms with E-state index in [0.29, 0.717) is 22.3 Å². The van der Waals surface area contributed by atoms with Crippen LogP contribution in [0.1, 0.15) is 40.8 Å². The van der Waals surface area contributed by atoms with E-state index in [9.17, 15) is 9.59 Å². The van der Waals surface area contributed by atoms with Crippen LogP contribution in [0.15, 0.2) is 84.0 Å². The average Bonchev–Trinajstić information content (AvgIpc) is 3.46. The maximum Gasteiger partial charge on any atom is 0.338 e. The molecule has 10 nitrogen and oxygen atoms in total. The summed E-state index contributed by atoms with van der Waals surface area (Å²) in [6.45, 7) is 1.76. The van der Waals surface area contributed by atoms with Crippen molar-refractivity contribution < 1.29 is 25.2 Å². The molecule has 0 spiro atoms. The molecule has 1 fully saturated rings. The molecule has 1 aliphatic rings. The minimum absolute atomic E-state index is 0.133. The largest absolute Gasteiger partial charge is 0.459 e. The molecule has 0 aliphatic carbocycles. The number of ether oxygens (including phenoxy) is 3. The lowest BCUT2D eigenvalue weighted by atomic mass is 9.96. The Morgan fingerprint density at radius 2 is 1.74 bits per heavy atom. The number of esters is 2. The zero-order valence-corrected chi connectivity index (χ0v) is 21.8. The maximum absolute atomic E-state index is 13.0. The third-order valence-electron chi connectivity index (χ3n) is 6.35. The molecule has 0 saturated carbocycles. The Bertz CT molecular complexity index is 1530. The molecule has 5 rings (SSSR count). The lowest BCUT2D eigenvalue weighted by Gasteiger charge is -2.21. The summed E-state index contributed by atoms with van der Waals surface area (Å²) in [6, 6.07) is 19.2. The van der Waals surface area contributed by atoms with Gasteiger partial charge in [0.25, 0.3) is 5.95 Å². The predicted octanol–water partition coefficient (Wildman–Crippen LogP) is 4.11. The van der Waals surface area contributed by atoms with Crippen LogP contribution in [0.25, 0.3) is 5.52 Å². The van der Waals surface area contributed by atoms with Crippen LogP contribution in [0.3, 0.4) is 0 Å². The van der Waals surface area contributed by atoms with E-state index < -0.39 is 30.3 Å². The lowest BCUT2D eigenvalue weighted by Crippen LogP contribution is -2.35. The first kappa shape index (κ1) is 24.7. The second kappa shape index (κ2) is 11.4. The highest BCUT2D eigenvalue weighted by atomic mass is 16.6. The van der Waals surface area contributed by atoms with Crippen LogP contribution < -0.4 is 0 Å². The Morgan fingerprint density at radius 1 is 1.08 bits per heavy atom. The molecule has 0 radical (unpaired) electrons. The standard InChI is InChI=1S/C29H29N5O5/c1-19-25(23-15-14-22-16-30-29(32-34(22)23)31-18-33(2)3)38-24(17-37-27(35)20-10-6-4-7-11-20)26(19)39-28(36)21-12-8-5-9-13-21/h4-16,18-19,24-26H,17H2,1-3H3/i14D. The van der Waals surface area contributed by atoms with Crippen LogP contribution in [0.5, 0.6) is 0 Å². The van der Waals surface area contributed by atoms with Crippen molar-refractivity contribution in [1.82, 2.24) is 19.5 Å². The van der Waals surface area contributed by atoms with Gasteiger partial charge in [0.15, 0.2) is 0 Å². The van der Waals surface area contributed by atoms with E-state index >= 15 is 0 Å². The fourth-order valence-corrected chi connectivity index (χ4v) is 4.41. The third-order valence-corrected chi connectivity index (χ3v) is 6.35. The van der Waals surface area contributed by atoms with Crippen molar-refractivity contribution in [1.29, 1.82) is 0 Å². The maximum atomic E-state index is 13.0. The van der Waals surface area contributed by atoms with Gasteiger partial charge in [-0.2, -0.15) is 0 Å². The van der Waals surface area contributed by atoms with Crippen molar-refractivity contribution in [3.63, 3.8) is 0 Å². The number of aromatic nitrogens is 3. The highest BCUT2D eigenvalue weighted by molar-refractivity contribution is 5.90. The fourth-order valence-electron chi connectivity index (χ4n) is 4.41. The molecule has 4 aromatic rings. The van der Waals surface area contributed by atoms with Crippen molar-refractivity contribution in [2.45, 2.75) is 25.2 Å². The minimum Gasteiger partial charge on any atom is -0.459 e. The Morgan fingerprint density at radius 3 is 2.41 bits per heavy atom. The van der Waals surface area contributed by atoms with Gasteiger partial charge in [0.1, 0.15) is 24.9 Å². The smallest absolute Gasteiger partial charge is 0.338 e. The summed E-state index contributed by atoms with van der Waals surface area (Å²) >= 11 is 0. The number of rotatable bonds is 8. The van der Waals surface area contributed by atoms with Gasteiger partial charge >= 0.3 is 11.9 Å². The Balaban J connectivity index is 1.44. The monoisotopic (exact) mass is 528 g/mol. The minimum atomic E-state index is -0.756. The van der Waals surface area contributed by atoms with Gasteiger partial charge in [0, 0.05) is 20.0 Å². The van der Waals surface area contributed by atoms with Crippen LogP contribution in [0, 0.1) is 5.92 Å². The van der Waals surface area contributed by atoms with E-state index in [1.807, 2.05) is 33.2 Å². The van der Waals surface area contributed by atoms with Crippen LogP contribution in [-0.4, -0.2) is 70.7 Å². The zero-order valence-electron chi connectivity index (χ0n) is 22.8. The number of benzene rings is 2. The van der Waals surface area contributed by atoms with Crippen LogP contribution in [0.4, 0.5) is 5.95 Å². The summed E-state index contributed by atoms with van der Waals surface area (Å²) in [7, 11) is 3.67. The number of aliphatic imine (C=N–C) groups is 1. The Hall–Kier alpha value is -4.57. The molecule has 1 aliphatic heterocycles. The first-order valence-corrected chi connectivity index (χ1v) is 12.5. The summed E-state index contributed by atoms with van der Waals surface area (Å²) in [4.78, 5) is 35.9. The van der Waals surface area contributed by atoms with Gasteiger partial charge in [-0.3, -0.25) is 0 Å². The normalized spacial score (nSPS) is 21.2. The first-order chi connectivity index (χ1) is 19.3. The molecule has 3 heterocycles. The zero-order chi connectivity index (χ0) is 28.2. The summed E-state index contributed by atoms with van der Waals surface area (Å²) in [5, 5.41) is 4.51. The molecule has 0 amide bonds. The summed E-state index contributed by atoms with van der Waals surface area (Å²) in [6.07, 6.45) is 0.993. The van der Waals surface area contributed by atoms with Crippen molar-refractivity contribution in [2.75, 3.05) is 20.7 Å². The highest BCUT2D eigenvalue weighted by Crippen LogP contribution is 2.40. The van der Waals surface area contributed by atoms with Gasteiger partial charge in [-0.05, 0) is 36.4 Å². The van der Waals surface area contributed by atoms with Crippen LogP contribution in [0.2, 0.25) is 0 Å². The molecule has 2 aromatic carbocycles. The SMILES string of the molecule is [2H]c1cc(C2OC(COC(=O)c3ccccc3)C(OC(=O)c3ccccc3)C2C)n2nc(N=CN(C)C)ncc12. The molecule has 200 valence electrons. The van der Waals surface area contributed by atoms with Crippen molar-refractivity contribution in [3.8, 4) is 0 Å². The molecule has 2 aromatic heterocycles. The average molecular weight is 529 g/mol. The first-order valence-electron chi connectivity index (χ1n) is 13.0. The topological polar surface area (TPSA) is 108 Å². The quantitative estimate of drug-likeness (QED) is 0.191. The number of fused-ring (bicyclic) bond motifs is 1. The van der Waals surface area contributed by atoms with Gasteiger partial charge in [0.2, 0.25) is 0 Å². The molecule has 4 unspecified atom stereocenters. The number of nitrogens with zero attached hydrogens (tertiary/aromatic N) is 5. The van der Waals surface area contributed by atoms with E-state index in [4.69, 9.17) is 15.6 Å². The molecule has 10 heteroatoms. The number of hydrogen-bond donors (Lipinski definition) is 0. The third kappa shape index (κ3) is 5.80. The fraction of sp³-hybridized carbons (Fsp3) is 0.276. The summed E-state index contributed by atoms with van der Waals surface area (Å²) in [5.74, 6) is -1.17. The molecule has 0 N–H and O–H groups in total. The number of carbonyl (C=O) groups excluding carboxylic acids is 2. The van der Waals surface area contributed by atoms with Gasteiger partial charge in [-0.15, -0.1) is 5.10 Å². The second-order valence-corrected chi connectivity index (χ2v) is 9.43. The molecular formula is C29H29N5O5. The number of carbonyl (C=O) groups is 2. The van der Waals surface area contributed by atoms with Gasteiger partial charge in [-0.25, -0.2) is 24.1 Å². The molecule has 39 heavy (non-hydrogen) atoms. The van der Waals surface area contributed by atoms with Gasteiger partial charge < -0.3 is 19.1 Å². The van der Waals surface area contributed by atoms with Crippen LogP contribution in [-0.2, 0) is 14.2 Å². The summed E-state index contributed by atoms with van der Waals surface area (Å²) in [5.41, 5.74) is 1.86. The van der Waals surface area contributed by atoms with E-state index in [1.165, 1.54) is 6.20 Å². The molecule has 4 atom stereocenters. The predicted molar refractivity (Wildman–Crippen MR) is 144 cm³/mol. The van der Waals surface area contributed by atoms with Crippen molar-refractivity contribution in [2.24, 2.45) is 10.9 Å². The Labute approximate surface area is 227 Å². The van der Waals surface area contributed by atoms with Gasteiger partial charge in [-0.1, -0.05) is 43.3 Å². The highest BCUT2D eigenvalue weighted by Gasteiger charge is 2.47. The second-order valence-electron chi connectivity index (χ2n) is 9.43. The lowest BCUT2D eigenvalue weighted by molar-refractivity contribution is -0.0437. The van der Waals surface area contributed by atoms with Crippen molar-refractivity contribution in [3.05, 3.63) is 95.8 Å².